The first-order chi connectivity index (χ1) is 12.5. The maximum Gasteiger partial charge on any atom is 0.309 e. The lowest BCUT2D eigenvalue weighted by molar-refractivity contribution is -0.147. The Hall–Kier alpha value is -2.14. The topological polar surface area (TPSA) is 65.5 Å². The van der Waals surface area contributed by atoms with Gasteiger partial charge in [0.15, 0.2) is 0 Å². The molecule has 5 heteroatoms. The number of carbonyl (C=O) groups is 1. The maximum atomic E-state index is 11.2. The van der Waals surface area contributed by atoms with E-state index in [1.54, 1.807) is 13.8 Å². The van der Waals surface area contributed by atoms with Crippen molar-refractivity contribution in [1.29, 1.82) is 0 Å². The first-order valence-corrected chi connectivity index (χ1v) is 9.55. The molecule has 3 rings (SSSR count). The number of piperidine rings is 1. The largest absolute Gasteiger partial charge is 0.481 e. The van der Waals surface area contributed by atoms with E-state index >= 15 is 0 Å². The summed E-state index contributed by atoms with van der Waals surface area (Å²) in [4.78, 5) is 18.6. The molecule has 0 aliphatic carbocycles. The summed E-state index contributed by atoms with van der Waals surface area (Å²) in [5.74, 6) is 0.328. The van der Waals surface area contributed by atoms with Gasteiger partial charge in [-0.3, -0.25) is 4.79 Å². The molecule has 0 bridgehead atoms. The van der Waals surface area contributed by atoms with Crippen LogP contribution in [0.3, 0.4) is 0 Å². The number of nitrogens with one attached hydrogen (secondary N) is 1. The van der Waals surface area contributed by atoms with E-state index in [1.807, 2.05) is 12.1 Å². The zero-order valence-corrected chi connectivity index (χ0v) is 15.8. The lowest BCUT2D eigenvalue weighted by Crippen LogP contribution is -2.32. The predicted molar refractivity (Wildman–Crippen MR) is 106 cm³/mol. The molecule has 1 aromatic carbocycles. The van der Waals surface area contributed by atoms with Crippen LogP contribution in [-0.2, 0) is 11.3 Å². The molecule has 1 fully saturated rings. The zero-order valence-electron chi connectivity index (χ0n) is 15.8. The van der Waals surface area contributed by atoms with E-state index in [1.165, 1.54) is 24.8 Å². The SMILES string of the molecule is CC(C)(CCNCc1cc2ccccc2nc1N1CCCCC1)C(=O)O. The summed E-state index contributed by atoms with van der Waals surface area (Å²) in [6.07, 6.45) is 4.33. The number of hydrogen-bond donors (Lipinski definition) is 2. The van der Waals surface area contributed by atoms with Gasteiger partial charge in [-0.2, -0.15) is 0 Å². The second kappa shape index (κ2) is 8.04. The number of carboxylic acid groups (broad SMARTS) is 1. The van der Waals surface area contributed by atoms with Crippen LogP contribution < -0.4 is 10.2 Å². The minimum absolute atomic E-state index is 0.600. The molecule has 0 spiro atoms. The van der Waals surface area contributed by atoms with Crippen molar-refractivity contribution in [3.05, 3.63) is 35.9 Å². The summed E-state index contributed by atoms with van der Waals surface area (Å²) in [6, 6.07) is 10.5. The highest BCUT2D eigenvalue weighted by Gasteiger charge is 2.26. The number of benzene rings is 1. The van der Waals surface area contributed by atoms with Crippen molar-refractivity contribution in [3.8, 4) is 0 Å². The number of hydrogen-bond acceptors (Lipinski definition) is 4. The van der Waals surface area contributed by atoms with E-state index < -0.39 is 11.4 Å². The van der Waals surface area contributed by atoms with Crippen molar-refractivity contribution >= 4 is 22.7 Å². The number of rotatable bonds is 7. The highest BCUT2D eigenvalue weighted by Crippen LogP contribution is 2.26. The molecule has 0 radical (unpaired) electrons. The number of carboxylic acids is 1. The minimum Gasteiger partial charge on any atom is -0.481 e. The van der Waals surface area contributed by atoms with Crippen LogP contribution in [0.25, 0.3) is 10.9 Å². The van der Waals surface area contributed by atoms with Crippen LogP contribution in [-0.4, -0.2) is 35.7 Å². The van der Waals surface area contributed by atoms with Gasteiger partial charge in [0.25, 0.3) is 0 Å². The number of aromatic nitrogens is 1. The molecule has 140 valence electrons. The quantitative estimate of drug-likeness (QED) is 0.739. The van der Waals surface area contributed by atoms with Gasteiger partial charge in [0.2, 0.25) is 0 Å². The molecule has 0 unspecified atom stereocenters. The van der Waals surface area contributed by atoms with E-state index in [-0.39, 0.29) is 0 Å². The Bertz CT molecular complexity index is 767. The van der Waals surface area contributed by atoms with Crippen molar-refractivity contribution < 1.29 is 9.90 Å². The van der Waals surface area contributed by atoms with Crippen molar-refractivity contribution in [2.24, 2.45) is 5.41 Å². The van der Waals surface area contributed by atoms with Crippen molar-refractivity contribution in [3.63, 3.8) is 0 Å². The zero-order chi connectivity index (χ0) is 18.6. The number of fused-ring (bicyclic) bond motifs is 1. The molecule has 1 aliphatic rings. The lowest BCUT2D eigenvalue weighted by atomic mass is 9.90. The molecule has 1 aliphatic heterocycles. The van der Waals surface area contributed by atoms with Crippen LogP contribution in [0.5, 0.6) is 0 Å². The van der Waals surface area contributed by atoms with Gasteiger partial charge >= 0.3 is 5.97 Å². The van der Waals surface area contributed by atoms with Crippen LogP contribution >= 0.6 is 0 Å². The molecule has 26 heavy (non-hydrogen) atoms. The summed E-state index contributed by atoms with van der Waals surface area (Å²) < 4.78 is 0. The Balaban J connectivity index is 1.75. The average molecular weight is 355 g/mol. The Kier molecular flexibility index (Phi) is 5.77. The highest BCUT2D eigenvalue weighted by atomic mass is 16.4. The summed E-state index contributed by atoms with van der Waals surface area (Å²) in [5.41, 5.74) is 1.52. The van der Waals surface area contributed by atoms with E-state index in [9.17, 15) is 9.90 Å². The van der Waals surface area contributed by atoms with Crippen LogP contribution in [0, 0.1) is 5.41 Å². The first kappa shape index (κ1) is 18.6. The van der Waals surface area contributed by atoms with E-state index in [2.05, 4.69) is 28.4 Å². The fourth-order valence-electron chi connectivity index (χ4n) is 3.39. The highest BCUT2D eigenvalue weighted by molar-refractivity contribution is 5.81. The van der Waals surface area contributed by atoms with Crippen molar-refractivity contribution in [2.45, 2.75) is 46.1 Å². The summed E-state index contributed by atoms with van der Waals surface area (Å²) in [5, 5.41) is 13.8. The molecule has 2 heterocycles. The Labute approximate surface area is 155 Å². The number of nitrogens with zero attached hydrogens (tertiary/aromatic N) is 2. The molecular formula is C21H29N3O2. The smallest absolute Gasteiger partial charge is 0.309 e. The average Bonchev–Trinajstić information content (AvgIpc) is 2.65. The van der Waals surface area contributed by atoms with Gasteiger partial charge in [-0.1, -0.05) is 18.2 Å². The molecule has 0 atom stereocenters. The van der Waals surface area contributed by atoms with Crippen LogP contribution in [0.1, 0.15) is 45.1 Å². The number of anilines is 1. The van der Waals surface area contributed by atoms with Gasteiger partial charge in [0, 0.05) is 30.6 Å². The van der Waals surface area contributed by atoms with Gasteiger partial charge in [-0.05, 0) is 58.2 Å². The third kappa shape index (κ3) is 4.33. The second-order valence-electron chi connectivity index (χ2n) is 7.83. The Morgan fingerprint density at radius 3 is 2.69 bits per heavy atom. The summed E-state index contributed by atoms with van der Waals surface area (Å²) >= 11 is 0. The van der Waals surface area contributed by atoms with Crippen LogP contribution in [0.15, 0.2) is 30.3 Å². The van der Waals surface area contributed by atoms with Crippen molar-refractivity contribution in [2.75, 3.05) is 24.5 Å². The van der Waals surface area contributed by atoms with Crippen LogP contribution in [0.2, 0.25) is 0 Å². The number of aliphatic carboxylic acids is 1. The van der Waals surface area contributed by atoms with Crippen LogP contribution in [0.4, 0.5) is 5.82 Å². The molecule has 1 saturated heterocycles. The molecule has 2 N–H and O–H groups in total. The van der Waals surface area contributed by atoms with Gasteiger partial charge in [0.05, 0.1) is 10.9 Å². The van der Waals surface area contributed by atoms with Gasteiger partial charge in [0.1, 0.15) is 5.82 Å². The summed E-state index contributed by atoms with van der Waals surface area (Å²) in [6.45, 7) is 7.04. The van der Waals surface area contributed by atoms with Gasteiger partial charge in [-0.15, -0.1) is 0 Å². The minimum atomic E-state index is -0.749. The first-order valence-electron chi connectivity index (χ1n) is 9.55. The standard InChI is InChI=1S/C21H29N3O2/c1-21(2,20(25)26)10-11-22-15-17-14-16-8-4-5-9-18(16)23-19(17)24-12-6-3-7-13-24/h4-5,8-9,14,22H,3,6-7,10-13,15H2,1-2H3,(H,25,26). The third-order valence-electron chi connectivity index (χ3n) is 5.26. The number of para-hydroxylation sites is 1. The predicted octanol–water partition coefficient (Wildman–Crippen LogP) is 3.82. The summed E-state index contributed by atoms with van der Waals surface area (Å²) in [7, 11) is 0. The lowest BCUT2D eigenvalue weighted by Gasteiger charge is -2.30. The molecule has 2 aromatic rings. The molecule has 0 saturated carbocycles. The molecule has 5 nitrogen and oxygen atoms in total. The number of pyridine rings is 1. The molecular weight excluding hydrogens is 326 g/mol. The van der Waals surface area contributed by atoms with E-state index in [0.29, 0.717) is 19.5 Å². The second-order valence-corrected chi connectivity index (χ2v) is 7.83. The molecule has 1 aromatic heterocycles. The monoisotopic (exact) mass is 355 g/mol. The Morgan fingerprint density at radius 1 is 1.23 bits per heavy atom. The van der Waals surface area contributed by atoms with E-state index in [4.69, 9.17) is 4.98 Å². The van der Waals surface area contributed by atoms with Crippen molar-refractivity contribution in [1.82, 2.24) is 10.3 Å². The normalized spacial score (nSPS) is 15.4. The van der Waals surface area contributed by atoms with Gasteiger partial charge < -0.3 is 15.3 Å². The van der Waals surface area contributed by atoms with E-state index in [0.717, 1.165) is 29.8 Å². The maximum absolute atomic E-state index is 11.2. The fraction of sp³-hybridized carbons (Fsp3) is 0.524. The Morgan fingerprint density at radius 2 is 1.96 bits per heavy atom. The third-order valence-corrected chi connectivity index (χ3v) is 5.26. The van der Waals surface area contributed by atoms with Gasteiger partial charge in [-0.25, -0.2) is 4.98 Å². The molecule has 0 amide bonds. The fourth-order valence-corrected chi connectivity index (χ4v) is 3.39.